The van der Waals surface area contributed by atoms with Crippen molar-refractivity contribution in [2.75, 3.05) is 12.4 Å². The fourth-order valence-electron chi connectivity index (χ4n) is 7.30. The zero-order valence-corrected chi connectivity index (χ0v) is 26.6. The predicted octanol–water partition coefficient (Wildman–Crippen LogP) is 8.07. The monoisotopic (exact) mass is 610 g/mol. The Kier molecular flexibility index (Phi) is 8.47. The number of anilines is 1. The Balaban J connectivity index is 1.14. The van der Waals surface area contributed by atoms with Crippen LogP contribution >= 0.6 is 11.3 Å². The minimum Gasteiger partial charge on any atom is -0.496 e. The molecule has 3 saturated carbocycles. The number of hydrogen-bond donors (Lipinski definition) is 1. The van der Waals surface area contributed by atoms with E-state index in [-0.39, 0.29) is 17.9 Å². The summed E-state index contributed by atoms with van der Waals surface area (Å²) in [6, 6.07) is 15.3. The largest absolute Gasteiger partial charge is 0.496 e. The molecule has 0 saturated heterocycles. The number of amides is 1. The van der Waals surface area contributed by atoms with E-state index in [1.165, 1.54) is 51.4 Å². The fraction of sp³-hybridized carbons (Fsp3) is 0.514. The van der Waals surface area contributed by atoms with Crippen molar-refractivity contribution in [2.45, 2.75) is 95.4 Å². The summed E-state index contributed by atoms with van der Waals surface area (Å²) in [7, 11) is 1.73. The van der Waals surface area contributed by atoms with Gasteiger partial charge in [-0.25, -0.2) is 4.98 Å². The van der Waals surface area contributed by atoms with Crippen LogP contribution in [0.15, 0.2) is 48.7 Å². The highest BCUT2D eigenvalue weighted by molar-refractivity contribution is 7.15. The Morgan fingerprint density at radius 1 is 0.977 bits per heavy atom. The molecule has 230 valence electrons. The van der Waals surface area contributed by atoms with Crippen LogP contribution in [-0.2, 0) is 4.79 Å². The van der Waals surface area contributed by atoms with Crippen molar-refractivity contribution in [1.29, 1.82) is 0 Å². The van der Waals surface area contributed by atoms with Crippen LogP contribution in [0, 0.1) is 18.8 Å². The first-order chi connectivity index (χ1) is 21.6. The van der Waals surface area contributed by atoms with Gasteiger partial charge in [0.15, 0.2) is 0 Å². The molecule has 4 aromatic rings. The molecule has 0 spiro atoms. The molecule has 2 heterocycles. The Labute approximate surface area is 263 Å². The lowest BCUT2D eigenvalue weighted by Gasteiger charge is -2.34. The van der Waals surface area contributed by atoms with Gasteiger partial charge in [-0.2, -0.15) is 4.80 Å². The van der Waals surface area contributed by atoms with E-state index in [1.807, 2.05) is 17.5 Å². The summed E-state index contributed by atoms with van der Waals surface area (Å²) in [5.41, 5.74) is 4.94. The average molecular weight is 611 g/mol. The molecule has 8 nitrogen and oxygen atoms in total. The van der Waals surface area contributed by atoms with Crippen LogP contribution in [0.2, 0.25) is 0 Å². The molecule has 1 N–H and O–H groups in total. The van der Waals surface area contributed by atoms with Crippen LogP contribution in [0.3, 0.4) is 0 Å². The lowest BCUT2D eigenvalue weighted by atomic mass is 9.74. The van der Waals surface area contributed by atoms with Gasteiger partial charge in [-0.3, -0.25) is 10.1 Å². The Morgan fingerprint density at radius 3 is 2.52 bits per heavy atom. The number of carbonyl (C=O) groups is 1. The van der Waals surface area contributed by atoms with Crippen LogP contribution in [0.5, 0.6) is 5.75 Å². The van der Waals surface area contributed by atoms with Gasteiger partial charge < -0.3 is 4.74 Å². The second-order valence-corrected chi connectivity index (χ2v) is 14.1. The maximum atomic E-state index is 13.0. The summed E-state index contributed by atoms with van der Waals surface area (Å²) in [6.45, 7) is 2.12. The van der Waals surface area contributed by atoms with Crippen molar-refractivity contribution in [2.24, 2.45) is 11.8 Å². The zero-order valence-electron chi connectivity index (χ0n) is 25.7. The van der Waals surface area contributed by atoms with Gasteiger partial charge in [-0.15, -0.1) is 16.4 Å². The average Bonchev–Trinajstić information content (AvgIpc) is 3.61. The topological polar surface area (TPSA) is 94.8 Å². The lowest BCUT2D eigenvalue weighted by Crippen LogP contribution is -2.27. The molecule has 1 atom stereocenters. The Morgan fingerprint density at radius 2 is 1.77 bits per heavy atom. The van der Waals surface area contributed by atoms with Crippen LogP contribution in [0.25, 0.3) is 10.4 Å². The highest BCUT2D eigenvalue weighted by atomic mass is 32.1. The number of nitrogens with one attached hydrogen (secondary N) is 1. The maximum Gasteiger partial charge on any atom is 0.270 e. The van der Waals surface area contributed by atoms with Gasteiger partial charge in [-0.1, -0.05) is 54.7 Å². The van der Waals surface area contributed by atoms with Crippen molar-refractivity contribution >= 4 is 23.2 Å². The number of carbonyl (C=O) groups excluding carboxylic acids is 1. The number of ether oxygens (including phenoxy) is 1. The molecule has 2 aromatic heterocycles. The number of tetrazole rings is 1. The van der Waals surface area contributed by atoms with E-state index in [4.69, 9.17) is 14.8 Å². The number of aromatic nitrogens is 5. The SMILES string of the molecule is COc1ccc(C2CCC(C(c3cccc(-c4cnc(C5CC5)s4)c3)n3nnc(NC(=O)C4CCCCC4)n3)CC2)cc1C. The summed E-state index contributed by atoms with van der Waals surface area (Å²) in [5.74, 6) is 2.83. The van der Waals surface area contributed by atoms with Gasteiger partial charge >= 0.3 is 0 Å². The molecule has 1 unspecified atom stereocenters. The standard InChI is InChI=1S/C35H42N6O2S/c1-22-19-27(17-18-30(22)43-2)23-11-13-24(14-12-23)32(41-39-35(38-40-41)37-33(42)25-7-4-3-5-8-25)29-10-6-9-28(20-29)31-21-36-34(44-31)26-15-16-26/h6,9-10,17-21,23-26,32H,3-5,7-8,11-16H2,1-2H3,(H,37,39,42). The maximum absolute atomic E-state index is 13.0. The third-order valence-corrected chi connectivity index (χ3v) is 11.2. The van der Waals surface area contributed by atoms with Crippen LogP contribution in [0.1, 0.15) is 110 Å². The molecule has 7 rings (SSSR count). The van der Waals surface area contributed by atoms with Crippen molar-refractivity contribution in [3.63, 3.8) is 0 Å². The number of benzene rings is 2. The molecule has 3 aliphatic carbocycles. The van der Waals surface area contributed by atoms with Gasteiger partial charge in [0.05, 0.1) is 17.0 Å². The van der Waals surface area contributed by atoms with Crippen molar-refractivity contribution in [3.05, 3.63) is 70.4 Å². The second kappa shape index (κ2) is 12.8. The van der Waals surface area contributed by atoms with E-state index in [1.54, 1.807) is 11.9 Å². The van der Waals surface area contributed by atoms with E-state index < -0.39 is 0 Å². The quantitative estimate of drug-likeness (QED) is 0.206. The second-order valence-electron chi connectivity index (χ2n) is 13.0. The van der Waals surface area contributed by atoms with Crippen molar-refractivity contribution in [3.8, 4) is 16.2 Å². The van der Waals surface area contributed by atoms with Crippen LogP contribution in [0.4, 0.5) is 5.95 Å². The van der Waals surface area contributed by atoms with Gasteiger partial charge in [0.1, 0.15) is 11.8 Å². The Hall–Kier alpha value is -3.59. The number of thiazole rings is 1. The first kappa shape index (κ1) is 29.1. The minimum atomic E-state index is -0.0721. The summed E-state index contributed by atoms with van der Waals surface area (Å²) in [5, 5.41) is 17.9. The fourth-order valence-corrected chi connectivity index (χ4v) is 8.39. The van der Waals surface area contributed by atoms with E-state index >= 15 is 0 Å². The van der Waals surface area contributed by atoms with Gasteiger partial charge in [0.25, 0.3) is 5.95 Å². The molecule has 3 fully saturated rings. The lowest BCUT2D eigenvalue weighted by molar-refractivity contribution is -0.120. The third kappa shape index (κ3) is 6.29. The van der Waals surface area contributed by atoms with Gasteiger partial charge in [0, 0.05) is 18.0 Å². The van der Waals surface area contributed by atoms with E-state index in [2.05, 4.69) is 65.0 Å². The van der Waals surface area contributed by atoms with E-state index in [0.29, 0.717) is 23.7 Å². The first-order valence-corrected chi connectivity index (χ1v) is 17.2. The van der Waals surface area contributed by atoms with Gasteiger partial charge in [-0.05, 0) is 110 Å². The Bertz CT molecular complexity index is 1600. The number of rotatable bonds is 9. The van der Waals surface area contributed by atoms with Crippen LogP contribution in [-0.4, -0.2) is 38.2 Å². The summed E-state index contributed by atoms with van der Waals surface area (Å²) in [6.07, 6.45) is 14.2. The molecule has 0 aliphatic heterocycles. The normalized spacial score (nSPS) is 21.6. The molecule has 0 bridgehead atoms. The number of aryl methyl sites for hydroxylation is 1. The summed E-state index contributed by atoms with van der Waals surface area (Å²) in [4.78, 5) is 20.7. The molecule has 9 heteroatoms. The highest BCUT2D eigenvalue weighted by Crippen LogP contribution is 2.45. The molecule has 44 heavy (non-hydrogen) atoms. The zero-order chi connectivity index (χ0) is 30.0. The third-order valence-electron chi connectivity index (χ3n) is 9.96. The first-order valence-electron chi connectivity index (χ1n) is 16.4. The molecular formula is C35H42N6O2S. The van der Waals surface area contributed by atoms with E-state index in [0.717, 1.165) is 57.1 Å². The molecular weight excluding hydrogens is 568 g/mol. The highest BCUT2D eigenvalue weighted by Gasteiger charge is 2.33. The number of hydrogen-bond acceptors (Lipinski definition) is 7. The van der Waals surface area contributed by atoms with Crippen LogP contribution < -0.4 is 10.1 Å². The van der Waals surface area contributed by atoms with Gasteiger partial charge in [0.2, 0.25) is 5.91 Å². The number of nitrogens with zero attached hydrogens (tertiary/aromatic N) is 5. The molecule has 1 amide bonds. The molecule has 0 radical (unpaired) electrons. The number of methoxy groups -OCH3 is 1. The van der Waals surface area contributed by atoms with E-state index in [9.17, 15) is 4.79 Å². The summed E-state index contributed by atoms with van der Waals surface area (Å²) < 4.78 is 5.50. The van der Waals surface area contributed by atoms with Crippen molar-refractivity contribution < 1.29 is 9.53 Å². The minimum absolute atomic E-state index is 0.0229. The molecule has 2 aromatic carbocycles. The van der Waals surface area contributed by atoms with Crippen molar-refractivity contribution in [1.82, 2.24) is 25.2 Å². The molecule has 3 aliphatic rings. The smallest absolute Gasteiger partial charge is 0.270 e. The summed E-state index contributed by atoms with van der Waals surface area (Å²) >= 11 is 1.82. The predicted molar refractivity (Wildman–Crippen MR) is 173 cm³/mol.